The third-order valence-electron chi connectivity index (χ3n) is 6.42. The summed E-state index contributed by atoms with van der Waals surface area (Å²) in [6.07, 6.45) is 5.38. The second-order valence-corrected chi connectivity index (χ2v) is 8.32. The highest BCUT2D eigenvalue weighted by Gasteiger charge is 2.26. The Labute approximate surface area is 182 Å². The van der Waals surface area contributed by atoms with Gasteiger partial charge < -0.3 is 14.7 Å². The van der Waals surface area contributed by atoms with Crippen LogP contribution in [0.15, 0.2) is 54.7 Å². The molecule has 6 heteroatoms. The van der Waals surface area contributed by atoms with Crippen LogP contribution in [-0.2, 0) is 0 Å². The number of carbonyl (C=O) groups excluding carboxylic acids is 1. The summed E-state index contributed by atoms with van der Waals surface area (Å²) >= 11 is 0. The Kier molecular flexibility index (Phi) is 5.45. The number of hydrogen-bond acceptors (Lipinski definition) is 4. The fourth-order valence-corrected chi connectivity index (χ4v) is 4.73. The van der Waals surface area contributed by atoms with Crippen molar-refractivity contribution in [2.45, 2.75) is 19.3 Å². The van der Waals surface area contributed by atoms with Gasteiger partial charge in [-0.15, -0.1) is 0 Å². The molecule has 0 unspecified atom stereocenters. The molecule has 31 heavy (non-hydrogen) atoms. The van der Waals surface area contributed by atoms with Crippen LogP contribution in [-0.4, -0.2) is 55.1 Å². The largest absolute Gasteiger partial charge is 0.366 e. The maximum atomic E-state index is 14.1. The zero-order chi connectivity index (χ0) is 21.2. The summed E-state index contributed by atoms with van der Waals surface area (Å²) in [6.45, 7) is 4.39. The Morgan fingerprint density at radius 3 is 2.19 bits per heavy atom. The van der Waals surface area contributed by atoms with Crippen LogP contribution in [0.1, 0.15) is 29.6 Å². The molecule has 160 valence electrons. The first kappa shape index (κ1) is 19.8. The van der Waals surface area contributed by atoms with Crippen LogP contribution < -0.4 is 9.80 Å². The number of hydrogen-bond donors (Lipinski definition) is 0. The first-order valence-electron chi connectivity index (χ1n) is 11.1. The van der Waals surface area contributed by atoms with Crippen LogP contribution in [0.25, 0.3) is 10.8 Å². The number of piperazine rings is 1. The fourth-order valence-electron chi connectivity index (χ4n) is 4.73. The standard InChI is InChI=1S/C25H27FN4O/c26-22-10-4-5-11-23(22)28-14-16-30(17-15-28)25(31)21-18-27-24(29-12-6-1-7-13-29)20-9-3-2-8-19(20)21/h2-5,8-11,18H,1,6-7,12-17H2. The average molecular weight is 419 g/mol. The highest BCUT2D eigenvalue weighted by atomic mass is 19.1. The number of aromatic nitrogens is 1. The lowest BCUT2D eigenvalue weighted by molar-refractivity contribution is 0.0748. The van der Waals surface area contributed by atoms with Crippen molar-refractivity contribution in [3.05, 3.63) is 66.1 Å². The molecule has 0 spiro atoms. The van der Waals surface area contributed by atoms with Gasteiger partial charge in [0.25, 0.3) is 5.91 Å². The Hall–Kier alpha value is -3.15. The van der Waals surface area contributed by atoms with Crippen molar-refractivity contribution in [2.75, 3.05) is 49.1 Å². The van der Waals surface area contributed by atoms with Gasteiger partial charge in [-0.25, -0.2) is 9.37 Å². The van der Waals surface area contributed by atoms with Gasteiger partial charge in [-0.3, -0.25) is 4.79 Å². The monoisotopic (exact) mass is 418 g/mol. The van der Waals surface area contributed by atoms with Crippen molar-refractivity contribution in [1.29, 1.82) is 0 Å². The van der Waals surface area contributed by atoms with Gasteiger partial charge in [0.1, 0.15) is 11.6 Å². The van der Waals surface area contributed by atoms with Gasteiger partial charge in [0.05, 0.1) is 11.3 Å². The Bertz CT molecular complexity index is 1090. The molecule has 2 aliphatic heterocycles. The van der Waals surface area contributed by atoms with E-state index >= 15 is 0 Å². The molecule has 0 bridgehead atoms. The van der Waals surface area contributed by atoms with Gasteiger partial charge in [-0.2, -0.15) is 0 Å². The number of para-hydroxylation sites is 1. The Morgan fingerprint density at radius 1 is 0.774 bits per heavy atom. The topological polar surface area (TPSA) is 39.7 Å². The third kappa shape index (κ3) is 3.82. The number of halogens is 1. The van der Waals surface area contributed by atoms with Gasteiger partial charge in [0.15, 0.2) is 0 Å². The first-order valence-corrected chi connectivity index (χ1v) is 11.1. The second-order valence-electron chi connectivity index (χ2n) is 8.32. The molecular formula is C25H27FN4O. The van der Waals surface area contributed by atoms with Crippen LogP contribution >= 0.6 is 0 Å². The number of fused-ring (bicyclic) bond motifs is 1. The molecule has 5 nitrogen and oxygen atoms in total. The van der Waals surface area contributed by atoms with Gasteiger partial charge >= 0.3 is 0 Å². The third-order valence-corrected chi connectivity index (χ3v) is 6.42. The molecule has 2 fully saturated rings. The average Bonchev–Trinajstić information content (AvgIpc) is 2.84. The van der Waals surface area contributed by atoms with E-state index in [-0.39, 0.29) is 11.7 Å². The van der Waals surface area contributed by atoms with Crippen LogP contribution in [0.3, 0.4) is 0 Å². The van der Waals surface area contributed by atoms with E-state index in [0.29, 0.717) is 37.4 Å². The Balaban J connectivity index is 1.38. The smallest absolute Gasteiger partial charge is 0.256 e. The van der Waals surface area contributed by atoms with Crippen molar-refractivity contribution < 1.29 is 9.18 Å². The van der Waals surface area contributed by atoms with Crippen LogP contribution in [0.5, 0.6) is 0 Å². The van der Waals surface area contributed by atoms with E-state index in [9.17, 15) is 9.18 Å². The number of carbonyl (C=O) groups is 1. The Morgan fingerprint density at radius 2 is 1.45 bits per heavy atom. The van der Waals surface area contributed by atoms with E-state index in [1.165, 1.54) is 25.3 Å². The van der Waals surface area contributed by atoms with Gasteiger partial charge in [-0.1, -0.05) is 36.4 Å². The molecule has 0 saturated carbocycles. The van der Waals surface area contributed by atoms with E-state index < -0.39 is 0 Å². The molecule has 1 amide bonds. The number of piperidine rings is 1. The molecule has 3 heterocycles. The summed E-state index contributed by atoms with van der Waals surface area (Å²) in [6, 6.07) is 14.9. The highest BCUT2D eigenvalue weighted by molar-refractivity contribution is 6.09. The quantitative estimate of drug-likeness (QED) is 0.635. The minimum Gasteiger partial charge on any atom is -0.366 e. The van der Waals surface area contributed by atoms with Crippen LogP contribution in [0.4, 0.5) is 15.9 Å². The molecule has 0 atom stereocenters. The van der Waals surface area contributed by atoms with Crippen molar-refractivity contribution >= 4 is 28.2 Å². The molecule has 0 aliphatic carbocycles. The zero-order valence-electron chi connectivity index (χ0n) is 17.6. The molecule has 2 saturated heterocycles. The van der Waals surface area contributed by atoms with E-state index in [0.717, 1.165) is 29.7 Å². The van der Waals surface area contributed by atoms with Crippen molar-refractivity contribution in [1.82, 2.24) is 9.88 Å². The minimum atomic E-state index is -0.217. The molecule has 0 N–H and O–H groups in total. The summed E-state index contributed by atoms with van der Waals surface area (Å²) < 4.78 is 14.1. The molecule has 0 radical (unpaired) electrons. The summed E-state index contributed by atoms with van der Waals surface area (Å²) in [5, 5.41) is 2.00. The van der Waals surface area contributed by atoms with Crippen molar-refractivity contribution in [3.63, 3.8) is 0 Å². The second kappa shape index (κ2) is 8.53. The maximum Gasteiger partial charge on any atom is 0.256 e. The van der Waals surface area contributed by atoms with Gasteiger partial charge in [0, 0.05) is 50.9 Å². The summed E-state index contributed by atoms with van der Waals surface area (Å²) in [5.74, 6) is 0.768. The van der Waals surface area contributed by atoms with E-state index in [2.05, 4.69) is 11.0 Å². The van der Waals surface area contributed by atoms with E-state index in [1.807, 2.05) is 34.1 Å². The van der Waals surface area contributed by atoms with Crippen molar-refractivity contribution in [3.8, 4) is 0 Å². The number of rotatable bonds is 3. The lowest BCUT2D eigenvalue weighted by Crippen LogP contribution is -2.49. The number of amides is 1. The summed E-state index contributed by atoms with van der Waals surface area (Å²) in [7, 11) is 0. The first-order chi connectivity index (χ1) is 15.2. The molecule has 2 aromatic carbocycles. The number of benzene rings is 2. The summed E-state index contributed by atoms with van der Waals surface area (Å²) in [5.41, 5.74) is 1.25. The van der Waals surface area contributed by atoms with Crippen molar-refractivity contribution in [2.24, 2.45) is 0 Å². The molecule has 5 rings (SSSR count). The van der Waals surface area contributed by atoms with E-state index in [4.69, 9.17) is 4.98 Å². The van der Waals surface area contributed by atoms with Crippen LogP contribution in [0, 0.1) is 5.82 Å². The SMILES string of the molecule is O=C(c1cnc(N2CCCCC2)c2ccccc12)N1CCN(c2ccccc2F)CC1. The fraction of sp³-hybridized carbons (Fsp3) is 0.360. The minimum absolute atomic E-state index is 0.00192. The molecule has 1 aromatic heterocycles. The lowest BCUT2D eigenvalue weighted by atomic mass is 10.0. The molecule has 2 aliphatic rings. The molecular weight excluding hydrogens is 391 g/mol. The number of pyridine rings is 1. The zero-order valence-corrected chi connectivity index (χ0v) is 17.6. The van der Waals surface area contributed by atoms with Crippen LogP contribution in [0.2, 0.25) is 0 Å². The molecule has 3 aromatic rings. The van der Waals surface area contributed by atoms with Gasteiger partial charge in [0.2, 0.25) is 0 Å². The van der Waals surface area contributed by atoms with E-state index in [1.54, 1.807) is 18.3 Å². The number of nitrogens with zero attached hydrogens (tertiary/aromatic N) is 4. The maximum absolute atomic E-state index is 14.1. The normalized spacial score (nSPS) is 17.3. The lowest BCUT2D eigenvalue weighted by Gasteiger charge is -2.36. The summed E-state index contributed by atoms with van der Waals surface area (Å²) in [4.78, 5) is 24.3. The predicted molar refractivity (Wildman–Crippen MR) is 122 cm³/mol. The predicted octanol–water partition coefficient (Wildman–Crippen LogP) is 4.33. The van der Waals surface area contributed by atoms with Gasteiger partial charge in [-0.05, 0) is 36.8 Å². The number of anilines is 2. The highest BCUT2D eigenvalue weighted by Crippen LogP contribution is 2.30.